The molecule has 0 saturated carbocycles. The summed E-state index contributed by atoms with van der Waals surface area (Å²) in [4.78, 5) is 27.7. The summed E-state index contributed by atoms with van der Waals surface area (Å²) in [5.74, 6) is -0.695. The number of H-pyrrole nitrogens is 1. The number of halogens is 1. The number of nitrogens with one attached hydrogen (secondary N) is 2. The Morgan fingerprint density at radius 1 is 1.19 bits per heavy atom. The van der Waals surface area contributed by atoms with Crippen LogP contribution in [0.3, 0.4) is 0 Å². The molecule has 27 heavy (non-hydrogen) atoms. The molecule has 2 atom stereocenters. The second-order valence-electron chi connectivity index (χ2n) is 6.65. The van der Waals surface area contributed by atoms with E-state index >= 15 is 0 Å². The molecule has 1 aromatic heterocycles. The van der Waals surface area contributed by atoms with E-state index < -0.39 is 6.04 Å². The first-order valence-corrected chi connectivity index (χ1v) is 8.92. The van der Waals surface area contributed by atoms with Crippen LogP contribution in [0, 0.1) is 5.82 Å². The monoisotopic (exact) mass is 366 g/mol. The minimum Gasteiger partial charge on any atom is -0.376 e. The van der Waals surface area contributed by atoms with E-state index in [1.807, 2.05) is 6.07 Å². The Balaban J connectivity index is 1.70. The molecule has 4 rings (SSSR count). The highest BCUT2D eigenvalue weighted by Crippen LogP contribution is 2.28. The van der Waals surface area contributed by atoms with Crippen LogP contribution in [0.25, 0.3) is 10.9 Å². The van der Waals surface area contributed by atoms with Crippen molar-refractivity contribution >= 4 is 16.8 Å². The molecule has 0 spiro atoms. The molecule has 2 unspecified atom stereocenters. The first-order valence-electron chi connectivity index (χ1n) is 8.92. The van der Waals surface area contributed by atoms with Gasteiger partial charge in [-0.25, -0.2) is 4.39 Å². The number of ether oxygens (including phenoxy) is 1. The van der Waals surface area contributed by atoms with Crippen LogP contribution in [0.15, 0.2) is 59.4 Å². The van der Waals surface area contributed by atoms with E-state index in [9.17, 15) is 14.0 Å². The van der Waals surface area contributed by atoms with Crippen molar-refractivity contribution in [2.75, 3.05) is 6.61 Å². The van der Waals surface area contributed by atoms with Crippen LogP contribution in [-0.2, 0) is 4.74 Å². The lowest BCUT2D eigenvalue weighted by atomic mass is 9.98. The van der Waals surface area contributed by atoms with E-state index in [-0.39, 0.29) is 23.4 Å². The lowest BCUT2D eigenvalue weighted by Gasteiger charge is -2.25. The Hall–Kier alpha value is -2.99. The molecular weight excluding hydrogens is 347 g/mol. The Kier molecular flexibility index (Phi) is 4.73. The third-order valence-electron chi connectivity index (χ3n) is 4.85. The van der Waals surface area contributed by atoms with Crippen LogP contribution in [0.2, 0.25) is 0 Å². The number of carbonyl (C=O) groups excluding carboxylic acids is 1. The fourth-order valence-corrected chi connectivity index (χ4v) is 3.54. The van der Waals surface area contributed by atoms with Gasteiger partial charge in [0.1, 0.15) is 5.82 Å². The minimum absolute atomic E-state index is 0.187. The molecule has 5 nitrogen and oxygen atoms in total. The van der Waals surface area contributed by atoms with Gasteiger partial charge in [0.25, 0.3) is 5.91 Å². The second-order valence-corrected chi connectivity index (χ2v) is 6.65. The van der Waals surface area contributed by atoms with Gasteiger partial charge in [0, 0.05) is 23.6 Å². The third kappa shape index (κ3) is 3.61. The van der Waals surface area contributed by atoms with Crippen LogP contribution in [0.1, 0.15) is 34.8 Å². The molecule has 3 aromatic rings. The van der Waals surface area contributed by atoms with Gasteiger partial charge in [-0.2, -0.15) is 0 Å². The molecule has 2 heterocycles. The standard InChI is InChI=1S/C21H19FN2O3/c22-14-9-7-13(8-10-14)20(18-6-3-11-27-18)24-21(26)16-12-19(25)23-17-5-2-1-4-15(16)17/h1-2,4-5,7-10,12,18,20H,3,6,11H2,(H,23,25)(H,24,26). The summed E-state index contributed by atoms with van der Waals surface area (Å²) in [7, 11) is 0. The molecule has 138 valence electrons. The van der Waals surface area contributed by atoms with Crippen molar-refractivity contribution in [3.63, 3.8) is 0 Å². The molecule has 1 saturated heterocycles. The summed E-state index contributed by atoms with van der Waals surface area (Å²) in [6, 6.07) is 14.1. The zero-order valence-electron chi connectivity index (χ0n) is 14.6. The average molecular weight is 366 g/mol. The number of rotatable bonds is 4. The normalized spacial score (nSPS) is 17.7. The van der Waals surface area contributed by atoms with Crippen molar-refractivity contribution in [2.45, 2.75) is 25.0 Å². The van der Waals surface area contributed by atoms with Gasteiger partial charge in [-0.3, -0.25) is 9.59 Å². The molecule has 1 aliphatic heterocycles. The van der Waals surface area contributed by atoms with E-state index in [4.69, 9.17) is 4.74 Å². The van der Waals surface area contributed by atoms with Gasteiger partial charge in [0.05, 0.1) is 17.7 Å². The number of carbonyl (C=O) groups is 1. The Morgan fingerprint density at radius 2 is 1.96 bits per heavy atom. The van der Waals surface area contributed by atoms with E-state index in [0.29, 0.717) is 23.1 Å². The molecule has 2 N–H and O–H groups in total. The predicted molar refractivity (Wildman–Crippen MR) is 100 cm³/mol. The highest BCUT2D eigenvalue weighted by Gasteiger charge is 2.29. The second kappa shape index (κ2) is 7.32. The van der Waals surface area contributed by atoms with Gasteiger partial charge in [-0.05, 0) is 36.6 Å². The van der Waals surface area contributed by atoms with Crippen LogP contribution >= 0.6 is 0 Å². The first-order chi connectivity index (χ1) is 13.1. The third-order valence-corrected chi connectivity index (χ3v) is 4.85. The van der Waals surface area contributed by atoms with Crippen molar-refractivity contribution in [1.82, 2.24) is 10.3 Å². The number of pyridine rings is 1. The lowest BCUT2D eigenvalue weighted by molar-refractivity contribution is 0.0673. The fourth-order valence-electron chi connectivity index (χ4n) is 3.54. The van der Waals surface area contributed by atoms with Crippen molar-refractivity contribution in [1.29, 1.82) is 0 Å². The summed E-state index contributed by atoms with van der Waals surface area (Å²) in [5, 5.41) is 3.66. The highest BCUT2D eigenvalue weighted by atomic mass is 19.1. The molecule has 1 aliphatic rings. The van der Waals surface area contributed by atoms with E-state index in [1.54, 1.807) is 30.3 Å². The highest BCUT2D eigenvalue weighted by molar-refractivity contribution is 6.06. The number of aromatic amines is 1. The van der Waals surface area contributed by atoms with Crippen molar-refractivity contribution in [3.8, 4) is 0 Å². The van der Waals surface area contributed by atoms with Gasteiger partial charge in [-0.1, -0.05) is 30.3 Å². The Bertz CT molecular complexity index is 1020. The van der Waals surface area contributed by atoms with Gasteiger partial charge in [0.2, 0.25) is 5.56 Å². The van der Waals surface area contributed by atoms with E-state index in [2.05, 4.69) is 10.3 Å². The number of hydrogen-bond acceptors (Lipinski definition) is 3. The zero-order valence-corrected chi connectivity index (χ0v) is 14.6. The van der Waals surface area contributed by atoms with Gasteiger partial charge >= 0.3 is 0 Å². The summed E-state index contributed by atoms with van der Waals surface area (Å²) in [6.07, 6.45) is 1.53. The number of amides is 1. The van der Waals surface area contributed by atoms with Crippen molar-refractivity contribution < 1.29 is 13.9 Å². The molecule has 0 radical (unpaired) electrons. The smallest absolute Gasteiger partial charge is 0.252 e. The summed E-state index contributed by atoms with van der Waals surface area (Å²) >= 11 is 0. The summed E-state index contributed by atoms with van der Waals surface area (Å²) in [5.41, 5.74) is 1.34. The van der Waals surface area contributed by atoms with Crippen molar-refractivity contribution in [3.05, 3.63) is 81.9 Å². The molecular formula is C21H19FN2O3. The summed E-state index contributed by atoms with van der Waals surface area (Å²) in [6.45, 7) is 0.631. The Labute approximate surface area is 155 Å². The van der Waals surface area contributed by atoms with E-state index in [0.717, 1.165) is 18.4 Å². The maximum absolute atomic E-state index is 13.3. The van der Waals surface area contributed by atoms with Gasteiger partial charge in [0.15, 0.2) is 0 Å². The maximum Gasteiger partial charge on any atom is 0.252 e. The van der Waals surface area contributed by atoms with Crippen LogP contribution in [-0.4, -0.2) is 23.6 Å². The number of benzene rings is 2. The minimum atomic E-state index is -0.418. The van der Waals surface area contributed by atoms with Crippen LogP contribution in [0.5, 0.6) is 0 Å². The van der Waals surface area contributed by atoms with Crippen LogP contribution in [0.4, 0.5) is 4.39 Å². The van der Waals surface area contributed by atoms with E-state index in [1.165, 1.54) is 18.2 Å². The van der Waals surface area contributed by atoms with Crippen LogP contribution < -0.4 is 10.9 Å². The topological polar surface area (TPSA) is 71.2 Å². The maximum atomic E-state index is 13.3. The molecule has 2 aromatic carbocycles. The number of fused-ring (bicyclic) bond motifs is 1. The van der Waals surface area contributed by atoms with Gasteiger partial charge < -0.3 is 15.0 Å². The quantitative estimate of drug-likeness (QED) is 0.744. The van der Waals surface area contributed by atoms with Gasteiger partial charge in [-0.15, -0.1) is 0 Å². The molecule has 0 aliphatic carbocycles. The SMILES string of the molecule is O=C(NC(c1ccc(F)cc1)C1CCCO1)c1cc(=O)[nH]c2ccccc12. The first kappa shape index (κ1) is 17.4. The number of hydrogen-bond donors (Lipinski definition) is 2. The number of para-hydroxylation sites is 1. The molecule has 0 bridgehead atoms. The lowest BCUT2D eigenvalue weighted by Crippen LogP contribution is -2.36. The molecule has 1 fully saturated rings. The fraction of sp³-hybridized carbons (Fsp3) is 0.238. The molecule has 6 heteroatoms. The summed E-state index contributed by atoms with van der Waals surface area (Å²) < 4.78 is 19.1. The Morgan fingerprint density at radius 3 is 2.70 bits per heavy atom. The average Bonchev–Trinajstić information content (AvgIpc) is 3.20. The molecule has 1 amide bonds. The number of aromatic nitrogens is 1. The van der Waals surface area contributed by atoms with Crippen molar-refractivity contribution in [2.24, 2.45) is 0 Å². The largest absolute Gasteiger partial charge is 0.376 e. The zero-order chi connectivity index (χ0) is 18.8. The predicted octanol–water partition coefficient (Wildman–Crippen LogP) is 3.32.